The molecule has 0 bridgehead atoms. The summed E-state index contributed by atoms with van der Waals surface area (Å²) in [7, 11) is 0. The average molecular weight is 200 g/mol. The molecular weight excluding hydrogens is 180 g/mol. The first-order valence-corrected chi connectivity index (χ1v) is 5.22. The molecule has 0 saturated carbocycles. The molecule has 4 N–H and O–H groups in total. The summed E-state index contributed by atoms with van der Waals surface area (Å²) >= 11 is 0. The van der Waals surface area contributed by atoms with Crippen molar-refractivity contribution < 1.29 is 5.11 Å². The van der Waals surface area contributed by atoms with Gasteiger partial charge in [-0.15, -0.1) is 0 Å². The Morgan fingerprint density at radius 2 is 1.86 bits per heavy atom. The molecule has 1 saturated heterocycles. The van der Waals surface area contributed by atoms with Crippen LogP contribution in [0.3, 0.4) is 0 Å². The molecule has 0 aromatic carbocycles. The van der Waals surface area contributed by atoms with E-state index in [2.05, 4.69) is 0 Å². The number of hydrogen-bond acceptors (Lipinski definition) is 3. The molecule has 1 aliphatic heterocycles. The van der Waals surface area contributed by atoms with Gasteiger partial charge >= 0.3 is 0 Å². The van der Waals surface area contributed by atoms with Gasteiger partial charge in [-0.2, -0.15) is 0 Å². The summed E-state index contributed by atoms with van der Waals surface area (Å²) in [6, 6.07) is 0. The van der Waals surface area contributed by atoms with Crippen LogP contribution in [0.25, 0.3) is 0 Å². The highest BCUT2D eigenvalue weighted by molar-refractivity contribution is 5.76. The molecular formula is C9H20N4O. The van der Waals surface area contributed by atoms with Crippen LogP contribution in [0, 0.1) is 5.41 Å². The van der Waals surface area contributed by atoms with E-state index >= 15 is 0 Å². The van der Waals surface area contributed by atoms with E-state index < -0.39 is 0 Å². The number of likely N-dealkylation sites (tertiary alicyclic amines) is 1. The van der Waals surface area contributed by atoms with Crippen LogP contribution < -0.4 is 5.84 Å². The normalized spacial score (nSPS) is 17.7. The van der Waals surface area contributed by atoms with E-state index in [1.54, 1.807) is 0 Å². The smallest absolute Gasteiger partial charge is 0.208 e. The fraction of sp³-hybridized carbons (Fsp3) is 0.889. The van der Waals surface area contributed by atoms with Crippen LogP contribution in [0.4, 0.5) is 0 Å². The van der Waals surface area contributed by atoms with Crippen molar-refractivity contribution in [1.82, 2.24) is 9.91 Å². The third kappa shape index (κ3) is 3.16. The Balaban J connectivity index is 2.40. The first kappa shape index (κ1) is 11.3. The van der Waals surface area contributed by atoms with Crippen LogP contribution in [0.1, 0.15) is 25.7 Å². The molecule has 1 heterocycles. The lowest BCUT2D eigenvalue weighted by molar-refractivity contribution is 0.233. The summed E-state index contributed by atoms with van der Waals surface area (Å²) in [6.07, 6.45) is 4.76. The fourth-order valence-electron chi connectivity index (χ4n) is 1.68. The second-order valence-electron chi connectivity index (χ2n) is 3.64. The Hall–Kier alpha value is -0.810. The number of nitrogens with zero attached hydrogens (tertiary/aromatic N) is 2. The van der Waals surface area contributed by atoms with Crippen molar-refractivity contribution in [3.8, 4) is 0 Å². The molecule has 0 aliphatic carbocycles. The summed E-state index contributed by atoms with van der Waals surface area (Å²) in [6.45, 7) is 2.15. The number of guanidine groups is 1. The van der Waals surface area contributed by atoms with Crippen molar-refractivity contribution in [2.75, 3.05) is 26.2 Å². The van der Waals surface area contributed by atoms with Gasteiger partial charge in [0.05, 0.1) is 13.2 Å². The first-order chi connectivity index (χ1) is 6.75. The van der Waals surface area contributed by atoms with E-state index in [4.69, 9.17) is 16.4 Å². The first-order valence-electron chi connectivity index (χ1n) is 5.22. The maximum Gasteiger partial charge on any atom is 0.208 e. The molecule has 0 amide bonds. The number of aliphatic hydroxyl groups excluding tert-OH is 1. The van der Waals surface area contributed by atoms with Gasteiger partial charge in [-0.05, 0) is 12.8 Å². The van der Waals surface area contributed by atoms with Crippen LogP contribution in [0.2, 0.25) is 0 Å². The number of aliphatic hydroxyl groups is 1. The highest BCUT2D eigenvalue weighted by Crippen LogP contribution is 2.10. The van der Waals surface area contributed by atoms with Gasteiger partial charge < -0.3 is 10.0 Å². The van der Waals surface area contributed by atoms with Crippen LogP contribution in [-0.4, -0.2) is 47.2 Å². The number of hydrogen-bond donors (Lipinski definition) is 3. The molecule has 1 rings (SSSR count). The van der Waals surface area contributed by atoms with E-state index in [1.165, 1.54) is 17.9 Å². The van der Waals surface area contributed by atoms with Crippen molar-refractivity contribution >= 4 is 5.96 Å². The Morgan fingerprint density at radius 3 is 2.36 bits per heavy atom. The molecule has 0 radical (unpaired) electrons. The zero-order valence-electron chi connectivity index (χ0n) is 8.58. The largest absolute Gasteiger partial charge is 0.394 e. The Morgan fingerprint density at radius 1 is 1.29 bits per heavy atom. The summed E-state index contributed by atoms with van der Waals surface area (Å²) in [5, 5.41) is 17.8. The minimum Gasteiger partial charge on any atom is -0.394 e. The number of rotatable bonds is 2. The third-order valence-corrected chi connectivity index (χ3v) is 2.52. The Labute approximate surface area is 85.0 Å². The van der Waals surface area contributed by atoms with E-state index in [0.29, 0.717) is 12.5 Å². The summed E-state index contributed by atoms with van der Waals surface area (Å²) < 4.78 is 0. The maximum absolute atomic E-state index is 8.70. The lowest BCUT2D eigenvalue weighted by Gasteiger charge is -2.29. The van der Waals surface area contributed by atoms with Crippen LogP contribution >= 0.6 is 0 Å². The van der Waals surface area contributed by atoms with Crippen molar-refractivity contribution in [3.05, 3.63) is 0 Å². The highest BCUT2D eigenvalue weighted by Gasteiger charge is 2.15. The van der Waals surface area contributed by atoms with Gasteiger partial charge in [-0.3, -0.25) is 10.4 Å². The maximum atomic E-state index is 8.70. The van der Waals surface area contributed by atoms with Gasteiger partial charge in [0.1, 0.15) is 0 Å². The Kier molecular flexibility index (Phi) is 4.69. The van der Waals surface area contributed by atoms with Crippen molar-refractivity contribution in [1.29, 1.82) is 5.41 Å². The van der Waals surface area contributed by atoms with Crippen LogP contribution in [-0.2, 0) is 0 Å². The quantitative estimate of drug-likeness (QED) is 0.253. The van der Waals surface area contributed by atoms with Crippen molar-refractivity contribution in [3.63, 3.8) is 0 Å². The lowest BCUT2D eigenvalue weighted by atomic mass is 10.2. The van der Waals surface area contributed by atoms with Crippen LogP contribution in [0.5, 0.6) is 0 Å². The monoisotopic (exact) mass is 200 g/mol. The zero-order valence-corrected chi connectivity index (χ0v) is 8.58. The molecule has 5 heteroatoms. The summed E-state index contributed by atoms with van der Waals surface area (Å²) in [5.74, 6) is 5.95. The second-order valence-corrected chi connectivity index (χ2v) is 3.64. The van der Waals surface area contributed by atoms with Gasteiger partial charge in [-0.1, -0.05) is 12.8 Å². The van der Waals surface area contributed by atoms with E-state index in [1.807, 2.05) is 4.90 Å². The topological polar surface area (TPSA) is 76.6 Å². The van der Waals surface area contributed by atoms with Crippen molar-refractivity contribution in [2.45, 2.75) is 25.7 Å². The highest BCUT2D eigenvalue weighted by atomic mass is 16.3. The number of hydrazine groups is 1. The SMILES string of the molecule is N=C(N(N)CCO)N1CCCCCC1. The van der Waals surface area contributed by atoms with E-state index in [-0.39, 0.29) is 6.61 Å². The molecule has 0 spiro atoms. The zero-order chi connectivity index (χ0) is 10.4. The molecule has 1 aliphatic rings. The molecule has 0 aromatic rings. The molecule has 1 fully saturated rings. The van der Waals surface area contributed by atoms with Crippen LogP contribution in [0.15, 0.2) is 0 Å². The second kappa shape index (κ2) is 5.82. The molecule has 0 atom stereocenters. The fourth-order valence-corrected chi connectivity index (χ4v) is 1.68. The van der Waals surface area contributed by atoms with Gasteiger partial charge in [0, 0.05) is 13.1 Å². The average Bonchev–Trinajstić information content (AvgIpc) is 2.45. The molecule has 82 valence electrons. The number of nitrogens with one attached hydrogen (secondary N) is 1. The molecule has 5 nitrogen and oxygen atoms in total. The summed E-state index contributed by atoms with van der Waals surface area (Å²) in [5.41, 5.74) is 0. The van der Waals surface area contributed by atoms with Gasteiger partial charge in [0.25, 0.3) is 0 Å². The molecule has 0 unspecified atom stereocenters. The predicted octanol–water partition coefficient (Wildman–Crippen LogP) is -0.0348. The van der Waals surface area contributed by atoms with Crippen molar-refractivity contribution in [2.24, 2.45) is 5.84 Å². The predicted molar refractivity (Wildman–Crippen MR) is 55.7 cm³/mol. The summed E-state index contributed by atoms with van der Waals surface area (Å²) in [4.78, 5) is 1.99. The lowest BCUT2D eigenvalue weighted by Crippen LogP contribution is -2.49. The minimum atomic E-state index is -0.00722. The van der Waals surface area contributed by atoms with E-state index in [9.17, 15) is 0 Å². The van der Waals surface area contributed by atoms with Gasteiger partial charge in [0.15, 0.2) is 0 Å². The molecule has 14 heavy (non-hydrogen) atoms. The standard InChI is InChI=1S/C9H20N4O/c10-9(13(11)7-8-14)12-5-3-1-2-4-6-12/h10,14H,1-8,11H2. The van der Waals surface area contributed by atoms with Gasteiger partial charge in [0.2, 0.25) is 5.96 Å². The third-order valence-electron chi connectivity index (χ3n) is 2.52. The van der Waals surface area contributed by atoms with Gasteiger partial charge in [-0.25, -0.2) is 5.84 Å². The number of nitrogens with two attached hydrogens (primary N) is 1. The minimum absolute atomic E-state index is 0.00722. The van der Waals surface area contributed by atoms with E-state index in [0.717, 1.165) is 25.9 Å². The molecule has 0 aromatic heterocycles. The Bertz CT molecular complexity index is 178.